The number of aliphatic hydroxyl groups is 1. The molecule has 0 aliphatic carbocycles. The summed E-state index contributed by atoms with van der Waals surface area (Å²) >= 11 is 0. The third-order valence-corrected chi connectivity index (χ3v) is 3.69. The first-order valence-corrected chi connectivity index (χ1v) is 8.14. The van der Waals surface area contributed by atoms with Gasteiger partial charge in [-0.25, -0.2) is 9.59 Å². The first kappa shape index (κ1) is 18.3. The maximum Gasteiger partial charge on any atom is 0.410 e. The molecule has 1 fully saturated rings. The molecule has 0 unspecified atom stereocenters. The summed E-state index contributed by atoms with van der Waals surface area (Å²) in [6, 6.07) is 8.51. The molecule has 24 heavy (non-hydrogen) atoms. The second-order valence-corrected chi connectivity index (χ2v) is 6.96. The Balaban J connectivity index is 2.01. The van der Waals surface area contributed by atoms with Gasteiger partial charge in [-0.2, -0.15) is 0 Å². The van der Waals surface area contributed by atoms with Crippen LogP contribution in [0.3, 0.4) is 0 Å². The van der Waals surface area contributed by atoms with E-state index >= 15 is 0 Å². The van der Waals surface area contributed by atoms with E-state index in [0.717, 1.165) is 5.56 Å². The number of benzene rings is 1. The van der Waals surface area contributed by atoms with Crippen LogP contribution in [0.15, 0.2) is 30.3 Å². The zero-order valence-corrected chi connectivity index (χ0v) is 14.4. The molecule has 6 nitrogen and oxygen atoms in total. The molecule has 1 aromatic carbocycles. The van der Waals surface area contributed by atoms with Crippen molar-refractivity contribution in [3.63, 3.8) is 0 Å². The molecule has 0 radical (unpaired) electrons. The molecule has 0 aromatic heterocycles. The summed E-state index contributed by atoms with van der Waals surface area (Å²) in [5.41, 5.74) is 0.218. The summed E-state index contributed by atoms with van der Waals surface area (Å²) in [6.07, 6.45) is -0.614. The van der Waals surface area contributed by atoms with E-state index < -0.39 is 29.8 Å². The van der Waals surface area contributed by atoms with Crippen molar-refractivity contribution < 1.29 is 24.2 Å². The molecular weight excluding hydrogens is 310 g/mol. The van der Waals surface area contributed by atoms with Gasteiger partial charge >= 0.3 is 12.1 Å². The number of carbonyl (C=O) groups is 2. The van der Waals surface area contributed by atoms with E-state index in [1.165, 1.54) is 4.90 Å². The van der Waals surface area contributed by atoms with Crippen LogP contribution >= 0.6 is 0 Å². The SMILES string of the molecule is CC(C)(C)OC(=O)[C@@H]1C[C@H](O)CCN1C(=O)OCc1ccccc1. The predicted octanol–water partition coefficient (Wildman–Crippen LogP) is 2.49. The third kappa shape index (κ3) is 5.23. The van der Waals surface area contributed by atoms with Crippen molar-refractivity contribution in [2.24, 2.45) is 0 Å². The lowest BCUT2D eigenvalue weighted by Crippen LogP contribution is -2.53. The molecule has 1 aromatic rings. The normalized spacial score (nSPS) is 21.2. The highest BCUT2D eigenvalue weighted by Crippen LogP contribution is 2.22. The van der Waals surface area contributed by atoms with Gasteiger partial charge in [0.2, 0.25) is 0 Å². The number of hydrogen-bond donors (Lipinski definition) is 1. The van der Waals surface area contributed by atoms with Crippen LogP contribution in [0, 0.1) is 0 Å². The van der Waals surface area contributed by atoms with Gasteiger partial charge in [-0.05, 0) is 32.8 Å². The quantitative estimate of drug-likeness (QED) is 0.859. The molecule has 1 aliphatic rings. The van der Waals surface area contributed by atoms with Crippen molar-refractivity contribution >= 4 is 12.1 Å². The minimum atomic E-state index is -0.823. The maximum atomic E-state index is 12.4. The average Bonchev–Trinajstić information content (AvgIpc) is 2.52. The molecule has 132 valence electrons. The Morgan fingerprint density at radius 1 is 1.25 bits per heavy atom. The number of amides is 1. The highest BCUT2D eigenvalue weighted by molar-refractivity contribution is 5.82. The average molecular weight is 335 g/mol. The van der Waals surface area contributed by atoms with E-state index in [1.807, 2.05) is 30.3 Å². The molecule has 1 aliphatic heterocycles. The van der Waals surface area contributed by atoms with Crippen molar-refractivity contribution in [1.82, 2.24) is 4.90 Å². The largest absolute Gasteiger partial charge is 0.458 e. The Hall–Kier alpha value is -2.08. The van der Waals surface area contributed by atoms with Crippen LogP contribution in [-0.4, -0.2) is 46.4 Å². The van der Waals surface area contributed by atoms with Crippen LogP contribution in [-0.2, 0) is 20.9 Å². The summed E-state index contributed by atoms with van der Waals surface area (Å²) in [6.45, 7) is 5.70. The minimum Gasteiger partial charge on any atom is -0.458 e. The fraction of sp³-hybridized carbons (Fsp3) is 0.556. The van der Waals surface area contributed by atoms with E-state index in [-0.39, 0.29) is 19.6 Å². The van der Waals surface area contributed by atoms with Crippen molar-refractivity contribution in [2.75, 3.05) is 6.54 Å². The Kier molecular flexibility index (Phi) is 5.83. The van der Waals surface area contributed by atoms with Gasteiger partial charge in [0.05, 0.1) is 6.10 Å². The van der Waals surface area contributed by atoms with Crippen LogP contribution in [0.1, 0.15) is 39.2 Å². The van der Waals surface area contributed by atoms with E-state index in [9.17, 15) is 14.7 Å². The van der Waals surface area contributed by atoms with Crippen molar-refractivity contribution in [3.05, 3.63) is 35.9 Å². The molecule has 1 N–H and O–H groups in total. The van der Waals surface area contributed by atoms with Crippen molar-refractivity contribution in [3.8, 4) is 0 Å². The Morgan fingerprint density at radius 2 is 1.92 bits per heavy atom. The Bertz CT molecular complexity index is 567. The number of carbonyl (C=O) groups excluding carboxylic acids is 2. The van der Waals surface area contributed by atoms with Crippen LogP contribution in [0.4, 0.5) is 4.79 Å². The van der Waals surface area contributed by atoms with Crippen LogP contribution in [0.2, 0.25) is 0 Å². The lowest BCUT2D eigenvalue weighted by Gasteiger charge is -2.36. The lowest BCUT2D eigenvalue weighted by atomic mass is 10.00. The van der Waals surface area contributed by atoms with Gasteiger partial charge < -0.3 is 14.6 Å². The third-order valence-electron chi connectivity index (χ3n) is 3.69. The van der Waals surface area contributed by atoms with E-state index in [1.54, 1.807) is 20.8 Å². The van der Waals surface area contributed by atoms with Gasteiger partial charge in [-0.1, -0.05) is 30.3 Å². The fourth-order valence-electron chi connectivity index (χ4n) is 2.56. The summed E-state index contributed by atoms with van der Waals surface area (Å²) in [5, 5.41) is 9.85. The molecule has 2 rings (SSSR count). The van der Waals surface area contributed by atoms with E-state index in [4.69, 9.17) is 9.47 Å². The van der Waals surface area contributed by atoms with Crippen LogP contribution in [0.5, 0.6) is 0 Å². The van der Waals surface area contributed by atoms with E-state index in [0.29, 0.717) is 6.42 Å². The Labute approximate surface area is 142 Å². The second kappa shape index (κ2) is 7.66. The van der Waals surface area contributed by atoms with Crippen LogP contribution < -0.4 is 0 Å². The van der Waals surface area contributed by atoms with Gasteiger partial charge in [0.25, 0.3) is 0 Å². The minimum absolute atomic E-state index is 0.139. The monoisotopic (exact) mass is 335 g/mol. The van der Waals surface area contributed by atoms with E-state index in [2.05, 4.69) is 0 Å². The number of piperidine rings is 1. The number of nitrogens with zero attached hydrogens (tertiary/aromatic N) is 1. The number of aliphatic hydroxyl groups excluding tert-OH is 1. The molecule has 0 saturated carbocycles. The first-order chi connectivity index (χ1) is 11.3. The Morgan fingerprint density at radius 3 is 2.54 bits per heavy atom. The summed E-state index contributed by atoms with van der Waals surface area (Å²) in [5.74, 6) is -0.516. The van der Waals surface area contributed by atoms with Gasteiger partial charge in [0, 0.05) is 13.0 Å². The second-order valence-electron chi connectivity index (χ2n) is 6.96. The lowest BCUT2D eigenvalue weighted by molar-refractivity contribution is -0.163. The number of hydrogen-bond acceptors (Lipinski definition) is 5. The molecule has 1 heterocycles. The number of ether oxygens (including phenoxy) is 2. The smallest absolute Gasteiger partial charge is 0.410 e. The molecule has 6 heteroatoms. The zero-order chi connectivity index (χ0) is 17.7. The molecule has 2 atom stereocenters. The number of rotatable bonds is 3. The maximum absolute atomic E-state index is 12.4. The summed E-state index contributed by atoms with van der Waals surface area (Å²) < 4.78 is 10.7. The van der Waals surface area contributed by atoms with Crippen molar-refractivity contribution in [1.29, 1.82) is 0 Å². The topological polar surface area (TPSA) is 76.1 Å². The summed E-state index contributed by atoms with van der Waals surface area (Å²) in [4.78, 5) is 26.1. The molecule has 1 saturated heterocycles. The molecule has 0 spiro atoms. The zero-order valence-electron chi connectivity index (χ0n) is 14.4. The standard InChI is InChI=1S/C18H25NO5/c1-18(2,3)24-16(21)15-11-14(20)9-10-19(15)17(22)23-12-13-7-5-4-6-8-13/h4-8,14-15,20H,9-12H2,1-3H3/t14-,15+/m1/s1. The van der Waals surface area contributed by atoms with Crippen LogP contribution in [0.25, 0.3) is 0 Å². The first-order valence-electron chi connectivity index (χ1n) is 8.14. The summed E-state index contributed by atoms with van der Waals surface area (Å²) in [7, 11) is 0. The highest BCUT2D eigenvalue weighted by atomic mass is 16.6. The van der Waals surface area contributed by atoms with Gasteiger partial charge in [0.1, 0.15) is 18.2 Å². The van der Waals surface area contributed by atoms with Gasteiger partial charge in [-0.3, -0.25) is 4.90 Å². The van der Waals surface area contributed by atoms with Gasteiger partial charge in [0.15, 0.2) is 0 Å². The predicted molar refractivity (Wildman–Crippen MR) is 88.2 cm³/mol. The van der Waals surface area contributed by atoms with Gasteiger partial charge in [-0.15, -0.1) is 0 Å². The number of esters is 1. The molecular formula is C18H25NO5. The molecule has 0 bridgehead atoms. The molecule has 1 amide bonds. The fourth-order valence-corrected chi connectivity index (χ4v) is 2.56. The number of likely N-dealkylation sites (tertiary alicyclic amines) is 1. The van der Waals surface area contributed by atoms with Crippen molar-refractivity contribution in [2.45, 2.75) is 58.0 Å². The highest BCUT2D eigenvalue weighted by Gasteiger charge is 2.39.